The Morgan fingerprint density at radius 3 is 2.67 bits per heavy atom. The molecular formula is C13H16N2O3. The molecule has 0 saturated carbocycles. The fraction of sp³-hybridized carbons (Fsp3) is 0.385. The maximum Gasteiger partial charge on any atom is 0.340 e. The molecule has 1 aromatic carbocycles. The fourth-order valence-electron chi connectivity index (χ4n) is 2.15. The van der Waals surface area contributed by atoms with E-state index in [0.29, 0.717) is 16.8 Å². The molecule has 2 aromatic rings. The number of carbonyl (C=O) groups excluding carboxylic acids is 1. The van der Waals surface area contributed by atoms with E-state index in [1.165, 1.54) is 7.11 Å². The van der Waals surface area contributed by atoms with Gasteiger partial charge in [0.05, 0.1) is 19.8 Å². The Balaban J connectivity index is 2.83. The van der Waals surface area contributed by atoms with Crippen LogP contribution in [0.3, 0.4) is 0 Å². The highest BCUT2D eigenvalue weighted by Gasteiger charge is 2.19. The largest absolute Gasteiger partial charge is 0.494 e. The van der Waals surface area contributed by atoms with E-state index in [-0.39, 0.29) is 5.97 Å². The molecule has 18 heavy (non-hydrogen) atoms. The number of esters is 1. The van der Waals surface area contributed by atoms with Gasteiger partial charge in [0, 0.05) is 6.54 Å². The number of nitrogens with zero attached hydrogens (tertiary/aromatic N) is 2. The molecule has 5 nitrogen and oxygen atoms in total. The number of hydrogen-bond donors (Lipinski definition) is 0. The normalized spacial score (nSPS) is 10.7. The molecule has 0 unspecified atom stereocenters. The molecule has 2 rings (SSSR count). The summed E-state index contributed by atoms with van der Waals surface area (Å²) in [5.74, 6) is 1.17. The molecule has 5 heteroatoms. The summed E-state index contributed by atoms with van der Waals surface area (Å²) in [4.78, 5) is 16.2. The molecule has 0 bridgehead atoms. The summed E-state index contributed by atoms with van der Waals surface area (Å²) < 4.78 is 12.1. The van der Waals surface area contributed by atoms with E-state index in [2.05, 4.69) is 4.98 Å². The molecule has 0 N–H and O–H groups in total. The van der Waals surface area contributed by atoms with Crippen LogP contribution in [0.2, 0.25) is 0 Å². The minimum atomic E-state index is -0.386. The number of rotatable bonds is 3. The van der Waals surface area contributed by atoms with E-state index in [0.717, 1.165) is 17.9 Å². The van der Waals surface area contributed by atoms with Gasteiger partial charge in [-0.05, 0) is 26.0 Å². The van der Waals surface area contributed by atoms with Crippen LogP contribution in [0.25, 0.3) is 11.0 Å². The second kappa shape index (κ2) is 4.68. The zero-order valence-corrected chi connectivity index (χ0v) is 11.0. The van der Waals surface area contributed by atoms with Gasteiger partial charge in [0.25, 0.3) is 0 Å². The first-order chi connectivity index (χ1) is 8.63. The van der Waals surface area contributed by atoms with Crippen LogP contribution in [0.4, 0.5) is 0 Å². The van der Waals surface area contributed by atoms with Gasteiger partial charge in [-0.25, -0.2) is 9.78 Å². The van der Waals surface area contributed by atoms with Gasteiger partial charge < -0.3 is 14.0 Å². The van der Waals surface area contributed by atoms with Gasteiger partial charge in [-0.15, -0.1) is 0 Å². The summed E-state index contributed by atoms with van der Waals surface area (Å²) in [5.41, 5.74) is 1.92. The third kappa shape index (κ3) is 1.72. The minimum Gasteiger partial charge on any atom is -0.494 e. The van der Waals surface area contributed by atoms with E-state index in [4.69, 9.17) is 9.47 Å². The Morgan fingerprint density at radius 2 is 2.11 bits per heavy atom. The third-order valence-corrected chi connectivity index (χ3v) is 2.99. The van der Waals surface area contributed by atoms with Crippen molar-refractivity contribution < 1.29 is 14.3 Å². The van der Waals surface area contributed by atoms with Gasteiger partial charge in [-0.2, -0.15) is 0 Å². The van der Waals surface area contributed by atoms with Crippen LogP contribution >= 0.6 is 0 Å². The molecule has 1 heterocycles. The number of aromatic nitrogens is 2. The summed E-state index contributed by atoms with van der Waals surface area (Å²) in [6.07, 6.45) is 0. The Kier molecular flexibility index (Phi) is 3.23. The Labute approximate surface area is 105 Å². The van der Waals surface area contributed by atoms with E-state index in [1.54, 1.807) is 19.2 Å². The van der Waals surface area contributed by atoms with E-state index in [9.17, 15) is 4.79 Å². The first-order valence-electron chi connectivity index (χ1n) is 5.76. The Bertz CT molecular complexity index is 602. The van der Waals surface area contributed by atoms with Crippen molar-refractivity contribution in [3.05, 3.63) is 23.5 Å². The maximum atomic E-state index is 11.7. The van der Waals surface area contributed by atoms with Crippen molar-refractivity contribution in [2.24, 2.45) is 0 Å². The Morgan fingerprint density at radius 1 is 1.39 bits per heavy atom. The fourth-order valence-corrected chi connectivity index (χ4v) is 2.15. The predicted molar refractivity (Wildman–Crippen MR) is 68.0 cm³/mol. The zero-order valence-electron chi connectivity index (χ0n) is 11.0. The van der Waals surface area contributed by atoms with Crippen molar-refractivity contribution in [3.63, 3.8) is 0 Å². The standard InChI is InChI=1S/C13H16N2O3/c1-5-15-8(2)14-11-9(13(16)18-4)6-7-10(17-3)12(11)15/h6-7H,5H2,1-4H3. The predicted octanol–water partition coefficient (Wildman–Crippen LogP) is 2.16. The van der Waals surface area contributed by atoms with Gasteiger partial charge in [0.1, 0.15) is 22.6 Å². The van der Waals surface area contributed by atoms with Crippen molar-refractivity contribution in [1.29, 1.82) is 0 Å². The van der Waals surface area contributed by atoms with Crippen LogP contribution < -0.4 is 4.74 Å². The van der Waals surface area contributed by atoms with Crippen LogP contribution in [-0.2, 0) is 11.3 Å². The van der Waals surface area contributed by atoms with Gasteiger partial charge in [0.2, 0.25) is 0 Å². The number of hydrogen-bond acceptors (Lipinski definition) is 4. The monoisotopic (exact) mass is 248 g/mol. The number of carbonyl (C=O) groups is 1. The van der Waals surface area contributed by atoms with Crippen LogP contribution in [0.5, 0.6) is 5.75 Å². The Hall–Kier alpha value is -2.04. The van der Waals surface area contributed by atoms with Crippen LogP contribution in [0.1, 0.15) is 23.1 Å². The molecule has 0 aliphatic rings. The van der Waals surface area contributed by atoms with Crippen LogP contribution in [0, 0.1) is 6.92 Å². The highest BCUT2D eigenvalue weighted by molar-refractivity contribution is 6.03. The SMILES string of the molecule is CCn1c(C)nc2c(C(=O)OC)ccc(OC)c21. The summed E-state index contributed by atoms with van der Waals surface area (Å²) in [6.45, 7) is 4.70. The second-order valence-electron chi connectivity index (χ2n) is 3.91. The van der Waals surface area contributed by atoms with Gasteiger partial charge >= 0.3 is 5.97 Å². The van der Waals surface area contributed by atoms with Crippen molar-refractivity contribution in [3.8, 4) is 5.75 Å². The summed E-state index contributed by atoms with van der Waals surface area (Å²) in [5, 5.41) is 0. The average molecular weight is 248 g/mol. The minimum absolute atomic E-state index is 0.386. The lowest BCUT2D eigenvalue weighted by atomic mass is 10.1. The number of methoxy groups -OCH3 is 2. The molecule has 0 spiro atoms. The zero-order chi connectivity index (χ0) is 13.3. The topological polar surface area (TPSA) is 53.4 Å². The first kappa shape index (κ1) is 12.4. The lowest BCUT2D eigenvalue weighted by Crippen LogP contribution is -2.03. The molecule has 0 aliphatic heterocycles. The van der Waals surface area contributed by atoms with Crippen LogP contribution in [0.15, 0.2) is 12.1 Å². The molecule has 1 aromatic heterocycles. The lowest BCUT2D eigenvalue weighted by molar-refractivity contribution is 0.0603. The van der Waals surface area contributed by atoms with Gasteiger partial charge in [-0.3, -0.25) is 0 Å². The lowest BCUT2D eigenvalue weighted by Gasteiger charge is -2.08. The molecule has 0 fully saturated rings. The van der Waals surface area contributed by atoms with Gasteiger partial charge in [0.15, 0.2) is 0 Å². The van der Waals surface area contributed by atoms with Crippen molar-refractivity contribution in [2.45, 2.75) is 20.4 Å². The molecule has 0 aliphatic carbocycles. The average Bonchev–Trinajstić information content (AvgIpc) is 2.72. The van der Waals surface area contributed by atoms with E-state index >= 15 is 0 Å². The maximum absolute atomic E-state index is 11.7. The summed E-state index contributed by atoms with van der Waals surface area (Å²) in [6, 6.07) is 3.45. The number of ether oxygens (including phenoxy) is 2. The third-order valence-electron chi connectivity index (χ3n) is 2.99. The smallest absolute Gasteiger partial charge is 0.340 e. The molecule has 0 radical (unpaired) electrons. The first-order valence-corrected chi connectivity index (χ1v) is 5.76. The number of aryl methyl sites for hydroxylation is 2. The van der Waals surface area contributed by atoms with Crippen molar-refractivity contribution in [1.82, 2.24) is 9.55 Å². The van der Waals surface area contributed by atoms with Gasteiger partial charge in [-0.1, -0.05) is 0 Å². The summed E-state index contributed by atoms with van der Waals surface area (Å²) >= 11 is 0. The quantitative estimate of drug-likeness (QED) is 0.781. The highest BCUT2D eigenvalue weighted by Crippen LogP contribution is 2.29. The highest BCUT2D eigenvalue weighted by atomic mass is 16.5. The van der Waals surface area contributed by atoms with Crippen LogP contribution in [-0.4, -0.2) is 29.7 Å². The molecule has 0 saturated heterocycles. The van der Waals surface area contributed by atoms with E-state index in [1.807, 2.05) is 18.4 Å². The van der Waals surface area contributed by atoms with Crippen molar-refractivity contribution >= 4 is 17.0 Å². The number of imidazole rings is 1. The number of benzene rings is 1. The molecule has 0 atom stereocenters. The van der Waals surface area contributed by atoms with E-state index < -0.39 is 0 Å². The summed E-state index contributed by atoms with van der Waals surface area (Å²) in [7, 11) is 2.97. The van der Waals surface area contributed by atoms with Crippen molar-refractivity contribution in [2.75, 3.05) is 14.2 Å². The molecular weight excluding hydrogens is 232 g/mol. The number of fused-ring (bicyclic) bond motifs is 1. The molecule has 96 valence electrons. The molecule has 0 amide bonds. The second-order valence-corrected chi connectivity index (χ2v) is 3.91.